The second-order valence-corrected chi connectivity index (χ2v) is 4.04. The molecule has 18 heavy (non-hydrogen) atoms. The molecule has 7 heteroatoms. The number of non-ortho nitro benzene ring substituents is 1. The Morgan fingerprint density at radius 3 is 2.50 bits per heavy atom. The quantitative estimate of drug-likeness (QED) is 0.498. The summed E-state index contributed by atoms with van der Waals surface area (Å²) in [5.41, 5.74) is 0.464. The third-order valence-electron chi connectivity index (χ3n) is 2.48. The number of halogens is 1. The van der Waals surface area contributed by atoms with Crippen LogP contribution < -0.4 is 0 Å². The van der Waals surface area contributed by atoms with Gasteiger partial charge in [-0.3, -0.25) is 14.9 Å². The van der Waals surface area contributed by atoms with Gasteiger partial charge in [-0.05, 0) is 17.7 Å². The maximum absolute atomic E-state index is 11.2. The number of aliphatic hydroxyl groups is 1. The van der Waals surface area contributed by atoms with Crippen molar-refractivity contribution in [3.8, 4) is 0 Å². The fourth-order valence-electron chi connectivity index (χ4n) is 1.39. The van der Waals surface area contributed by atoms with Gasteiger partial charge in [-0.1, -0.05) is 0 Å². The molecule has 0 radical (unpaired) electrons. The van der Waals surface area contributed by atoms with E-state index in [2.05, 4.69) is 0 Å². The number of alkyl halides is 1. The predicted octanol–water partition coefficient (Wildman–Crippen LogP) is 1.33. The molecule has 1 aromatic carbocycles. The van der Waals surface area contributed by atoms with E-state index in [4.69, 9.17) is 11.6 Å². The third kappa shape index (κ3) is 3.68. The molecule has 0 aliphatic heterocycles. The number of nitro groups is 1. The number of rotatable bonds is 5. The highest BCUT2D eigenvalue weighted by atomic mass is 35.5. The molecule has 1 N–H and O–H groups in total. The van der Waals surface area contributed by atoms with Crippen LogP contribution in [0, 0.1) is 10.1 Å². The number of carbonyl (C=O) groups is 1. The highest BCUT2D eigenvalue weighted by Crippen LogP contribution is 2.18. The minimum absolute atomic E-state index is 0.0452. The third-order valence-corrected chi connectivity index (χ3v) is 2.70. The van der Waals surface area contributed by atoms with E-state index in [0.717, 1.165) is 0 Å². The molecular weight excluding hydrogens is 260 g/mol. The van der Waals surface area contributed by atoms with Crippen LogP contribution in [0.15, 0.2) is 24.3 Å². The van der Waals surface area contributed by atoms with Crippen molar-refractivity contribution in [2.75, 3.05) is 19.5 Å². The highest BCUT2D eigenvalue weighted by Gasteiger charge is 2.15. The van der Waals surface area contributed by atoms with Crippen LogP contribution in [0.3, 0.4) is 0 Å². The second kappa shape index (κ2) is 6.32. The van der Waals surface area contributed by atoms with E-state index < -0.39 is 11.0 Å². The molecule has 0 bridgehead atoms. The van der Waals surface area contributed by atoms with E-state index in [1.165, 1.54) is 36.2 Å². The first-order chi connectivity index (χ1) is 8.45. The summed E-state index contributed by atoms with van der Waals surface area (Å²) in [6, 6.07) is 5.54. The Kier molecular flexibility index (Phi) is 5.06. The maximum Gasteiger partial charge on any atom is 0.269 e. The Morgan fingerprint density at radius 1 is 1.50 bits per heavy atom. The predicted molar refractivity (Wildman–Crippen MR) is 66.4 cm³/mol. The minimum atomic E-state index is -0.900. The number of nitro benzene ring substituents is 1. The molecule has 0 aliphatic rings. The van der Waals surface area contributed by atoms with Gasteiger partial charge in [0, 0.05) is 19.2 Å². The number of likely N-dealkylation sites (N-methyl/N-ethyl adjacent to an activating group) is 1. The summed E-state index contributed by atoms with van der Waals surface area (Å²) in [5, 5.41) is 20.3. The molecule has 1 aromatic rings. The lowest BCUT2D eigenvalue weighted by molar-refractivity contribution is -0.384. The van der Waals surface area contributed by atoms with Crippen LogP contribution >= 0.6 is 11.6 Å². The molecule has 6 nitrogen and oxygen atoms in total. The summed E-state index contributed by atoms with van der Waals surface area (Å²) in [7, 11) is 1.53. The smallest absolute Gasteiger partial charge is 0.269 e. The molecule has 1 amide bonds. The van der Waals surface area contributed by atoms with Crippen molar-refractivity contribution in [1.29, 1.82) is 0 Å². The molecule has 1 atom stereocenters. The highest BCUT2D eigenvalue weighted by molar-refractivity contribution is 6.27. The first-order valence-corrected chi connectivity index (χ1v) is 5.71. The van der Waals surface area contributed by atoms with Crippen LogP contribution in [0.1, 0.15) is 11.7 Å². The van der Waals surface area contributed by atoms with Crippen molar-refractivity contribution in [2.24, 2.45) is 0 Å². The van der Waals surface area contributed by atoms with Crippen molar-refractivity contribution >= 4 is 23.2 Å². The number of hydrogen-bond donors (Lipinski definition) is 1. The zero-order valence-electron chi connectivity index (χ0n) is 9.75. The monoisotopic (exact) mass is 272 g/mol. The van der Waals surface area contributed by atoms with Gasteiger partial charge in [-0.2, -0.15) is 0 Å². The van der Waals surface area contributed by atoms with Crippen LogP contribution in [0.2, 0.25) is 0 Å². The number of nitrogens with zero attached hydrogens (tertiary/aromatic N) is 2. The first kappa shape index (κ1) is 14.4. The van der Waals surface area contributed by atoms with Crippen LogP contribution in [0.25, 0.3) is 0 Å². The molecule has 0 heterocycles. The van der Waals surface area contributed by atoms with Gasteiger partial charge in [0.05, 0.1) is 17.6 Å². The second-order valence-electron chi connectivity index (χ2n) is 3.77. The van der Waals surface area contributed by atoms with E-state index >= 15 is 0 Å². The molecule has 0 spiro atoms. The minimum Gasteiger partial charge on any atom is -0.387 e. The Morgan fingerprint density at radius 2 is 2.06 bits per heavy atom. The van der Waals surface area contributed by atoms with Crippen LogP contribution in [0.4, 0.5) is 5.69 Å². The zero-order chi connectivity index (χ0) is 13.7. The van der Waals surface area contributed by atoms with Crippen molar-refractivity contribution < 1.29 is 14.8 Å². The van der Waals surface area contributed by atoms with Gasteiger partial charge in [-0.25, -0.2) is 0 Å². The van der Waals surface area contributed by atoms with Crippen LogP contribution in [-0.2, 0) is 4.79 Å². The van der Waals surface area contributed by atoms with Crippen LogP contribution in [-0.4, -0.2) is 40.3 Å². The Hall–Kier alpha value is -1.66. The molecule has 0 saturated heterocycles. The summed E-state index contributed by atoms with van der Waals surface area (Å²) in [4.78, 5) is 22.5. The van der Waals surface area contributed by atoms with E-state index in [0.29, 0.717) is 5.56 Å². The van der Waals surface area contributed by atoms with Crippen LogP contribution in [0.5, 0.6) is 0 Å². The Labute approximate surface area is 109 Å². The van der Waals surface area contributed by atoms with Gasteiger partial charge < -0.3 is 10.0 Å². The van der Waals surface area contributed by atoms with Crippen molar-refractivity contribution in [2.45, 2.75) is 6.10 Å². The average Bonchev–Trinajstić information content (AvgIpc) is 2.37. The number of carbonyl (C=O) groups excluding carboxylic acids is 1. The molecule has 0 saturated carbocycles. The fourth-order valence-corrected chi connectivity index (χ4v) is 1.59. The van der Waals surface area contributed by atoms with E-state index in [1.54, 1.807) is 0 Å². The molecule has 1 unspecified atom stereocenters. The number of hydrogen-bond acceptors (Lipinski definition) is 4. The zero-order valence-corrected chi connectivity index (χ0v) is 10.5. The lowest BCUT2D eigenvalue weighted by atomic mass is 10.1. The molecular formula is C11H13ClN2O4. The average molecular weight is 273 g/mol. The lowest BCUT2D eigenvalue weighted by Crippen LogP contribution is -2.31. The Balaban J connectivity index is 2.69. The number of aliphatic hydroxyl groups excluding tert-OH is 1. The summed E-state index contributed by atoms with van der Waals surface area (Å²) in [6.07, 6.45) is -0.900. The molecule has 0 aliphatic carbocycles. The van der Waals surface area contributed by atoms with Gasteiger partial charge in [0.15, 0.2) is 0 Å². The summed E-state index contributed by atoms with van der Waals surface area (Å²) < 4.78 is 0. The SMILES string of the molecule is CN(CC(O)c1ccc([N+](=O)[O-])cc1)C(=O)CCl. The number of benzene rings is 1. The topological polar surface area (TPSA) is 83.7 Å². The fraction of sp³-hybridized carbons (Fsp3) is 0.364. The van der Waals surface area contributed by atoms with E-state index in [-0.39, 0.29) is 24.0 Å². The van der Waals surface area contributed by atoms with Crippen molar-refractivity contribution in [3.63, 3.8) is 0 Å². The first-order valence-electron chi connectivity index (χ1n) is 5.18. The molecule has 98 valence electrons. The summed E-state index contributed by atoms with van der Waals surface area (Å²) in [5.74, 6) is -0.443. The summed E-state index contributed by atoms with van der Waals surface area (Å²) >= 11 is 5.38. The standard InChI is InChI=1S/C11H13ClN2O4/c1-13(11(16)6-12)7-10(15)8-2-4-9(5-3-8)14(17)18/h2-5,10,15H,6-7H2,1H3. The normalized spacial score (nSPS) is 11.9. The van der Waals surface area contributed by atoms with E-state index in [9.17, 15) is 20.0 Å². The van der Waals surface area contributed by atoms with Crippen molar-refractivity contribution in [1.82, 2.24) is 4.90 Å². The largest absolute Gasteiger partial charge is 0.387 e. The number of amides is 1. The molecule has 0 fully saturated rings. The van der Waals surface area contributed by atoms with Gasteiger partial charge >= 0.3 is 0 Å². The van der Waals surface area contributed by atoms with Crippen molar-refractivity contribution in [3.05, 3.63) is 39.9 Å². The molecule has 0 aromatic heterocycles. The van der Waals surface area contributed by atoms with Gasteiger partial charge in [0.2, 0.25) is 5.91 Å². The van der Waals surface area contributed by atoms with Gasteiger partial charge in [-0.15, -0.1) is 11.6 Å². The Bertz CT molecular complexity index is 435. The van der Waals surface area contributed by atoms with Gasteiger partial charge in [0.1, 0.15) is 5.88 Å². The molecule has 1 rings (SSSR count). The lowest BCUT2D eigenvalue weighted by Gasteiger charge is -2.20. The van der Waals surface area contributed by atoms with E-state index in [1.807, 2.05) is 0 Å². The maximum atomic E-state index is 11.2. The van der Waals surface area contributed by atoms with Gasteiger partial charge in [0.25, 0.3) is 5.69 Å². The summed E-state index contributed by atoms with van der Waals surface area (Å²) in [6.45, 7) is 0.0867.